The van der Waals surface area contributed by atoms with E-state index < -0.39 is 0 Å². The molecule has 0 bridgehead atoms. The van der Waals surface area contributed by atoms with Crippen LogP contribution in [0.1, 0.15) is 24.0 Å². The van der Waals surface area contributed by atoms with Gasteiger partial charge in [0.05, 0.1) is 23.3 Å². The van der Waals surface area contributed by atoms with E-state index in [1.54, 1.807) is 24.5 Å². The van der Waals surface area contributed by atoms with Crippen molar-refractivity contribution >= 4 is 22.7 Å². The number of thiazole rings is 1. The van der Waals surface area contributed by atoms with Crippen LogP contribution >= 0.6 is 11.3 Å². The van der Waals surface area contributed by atoms with Gasteiger partial charge >= 0.3 is 0 Å². The minimum absolute atomic E-state index is 0.256. The molecule has 2 heterocycles. The summed E-state index contributed by atoms with van der Waals surface area (Å²) in [7, 11) is 0. The van der Waals surface area contributed by atoms with E-state index in [0.29, 0.717) is 0 Å². The van der Waals surface area contributed by atoms with Gasteiger partial charge in [-0.05, 0) is 61.2 Å². The van der Waals surface area contributed by atoms with Gasteiger partial charge in [-0.2, -0.15) is 5.10 Å². The van der Waals surface area contributed by atoms with Crippen LogP contribution in [-0.2, 0) is 6.42 Å². The van der Waals surface area contributed by atoms with Crippen molar-refractivity contribution in [3.63, 3.8) is 0 Å². The van der Waals surface area contributed by atoms with Crippen molar-refractivity contribution in [3.8, 4) is 11.3 Å². The molecule has 2 aromatic carbocycles. The van der Waals surface area contributed by atoms with Crippen LogP contribution in [0.25, 0.3) is 11.3 Å². The number of nitrogens with zero attached hydrogens (tertiary/aromatic N) is 4. The number of fused-ring (bicyclic) bond motifs is 1. The quantitative estimate of drug-likeness (QED) is 0.432. The van der Waals surface area contributed by atoms with Crippen molar-refractivity contribution in [2.75, 3.05) is 0 Å². The van der Waals surface area contributed by atoms with Crippen molar-refractivity contribution in [3.05, 3.63) is 100 Å². The van der Waals surface area contributed by atoms with Gasteiger partial charge in [0.1, 0.15) is 5.82 Å². The number of pyridine rings is 1. The Morgan fingerprint density at radius 2 is 1.83 bits per heavy atom. The monoisotopic (exact) mass is 414 g/mol. The Balaban J connectivity index is 1.70. The molecule has 0 saturated carbocycles. The molecule has 30 heavy (non-hydrogen) atoms. The van der Waals surface area contributed by atoms with Crippen molar-refractivity contribution in [2.45, 2.75) is 19.3 Å². The third-order valence-corrected chi connectivity index (χ3v) is 5.92. The molecule has 0 unspecified atom stereocenters. The average Bonchev–Trinajstić information content (AvgIpc) is 3.17. The highest BCUT2D eigenvalue weighted by Gasteiger charge is 2.17. The predicted molar refractivity (Wildman–Crippen MR) is 118 cm³/mol. The highest BCUT2D eigenvalue weighted by molar-refractivity contribution is 7.07. The molecule has 0 N–H and O–H groups in total. The zero-order chi connectivity index (χ0) is 20.3. The molecule has 5 rings (SSSR count). The minimum Gasteiger partial charge on any atom is -0.262 e. The summed E-state index contributed by atoms with van der Waals surface area (Å²) in [5.41, 5.74) is 6.12. The van der Waals surface area contributed by atoms with Crippen molar-refractivity contribution in [1.82, 2.24) is 9.66 Å². The average molecular weight is 415 g/mol. The summed E-state index contributed by atoms with van der Waals surface area (Å²) in [5.74, 6) is -0.256. The van der Waals surface area contributed by atoms with Gasteiger partial charge in [0, 0.05) is 22.7 Å². The second-order valence-electron chi connectivity index (χ2n) is 7.10. The molecule has 148 valence electrons. The van der Waals surface area contributed by atoms with Crippen LogP contribution in [0.4, 0.5) is 10.1 Å². The fraction of sp³-hybridized carbons (Fsp3) is 0.125. The Kier molecular flexibility index (Phi) is 5.07. The standard InChI is InChI=1S/C24H19FN4S/c25-19-12-10-18(11-13-19)23-16-30-24(27-20-7-4-14-26-15-20)29(23)28-22-9-3-6-17-5-1-2-8-21(17)22/h1-2,4-5,7-8,10-16H,3,6,9H2. The highest BCUT2D eigenvalue weighted by Crippen LogP contribution is 2.25. The molecule has 0 amide bonds. The lowest BCUT2D eigenvalue weighted by Gasteiger charge is -2.18. The van der Waals surface area contributed by atoms with E-state index in [4.69, 9.17) is 10.1 Å². The number of benzene rings is 2. The molecule has 0 saturated heterocycles. The molecular formula is C24H19FN4S. The molecule has 1 aliphatic carbocycles. The lowest BCUT2D eigenvalue weighted by Crippen LogP contribution is -2.18. The van der Waals surface area contributed by atoms with Gasteiger partial charge in [0.25, 0.3) is 0 Å². The predicted octanol–water partition coefficient (Wildman–Crippen LogP) is 5.57. The first-order valence-electron chi connectivity index (χ1n) is 9.85. The van der Waals surface area contributed by atoms with Gasteiger partial charge in [0.15, 0.2) is 0 Å². The van der Waals surface area contributed by atoms with E-state index in [-0.39, 0.29) is 5.82 Å². The normalized spacial score (nSPS) is 15.4. The van der Waals surface area contributed by atoms with Gasteiger partial charge in [-0.15, -0.1) is 11.3 Å². The minimum atomic E-state index is -0.256. The first kappa shape index (κ1) is 18.6. The number of aryl methyl sites for hydroxylation is 1. The summed E-state index contributed by atoms with van der Waals surface area (Å²) in [6.45, 7) is 0. The summed E-state index contributed by atoms with van der Waals surface area (Å²) < 4.78 is 15.4. The summed E-state index contributed by atoms with van der Waals surface area (Å²) in [4.78, 5) is 9.67. The molecule has 0 radical (unpaired) electrons. The topological polar surface area (TPSA) is 42.5 Å². The van der Waals surface area contributed by atoms with E-state index in [0.717, 1.165) is 46.7 Å². The fourth-order valence-electron chi connectivity index (χ4n) is 3.65. The number of hydrogen-bond donors (Lipinski definition) is 0. The van der Waals surface area contributed by atoms with Crippen LogP contribution in [0.15, 0.2) is 88.5 Å². The maximum atomic E-state index is 13.5. The Bertz CT molecular complexity index is 1270. The molecular weight excluding hydrogens is 395 g/mol. The highest BCUT2D eigenvalue weighted by atomic mass is 32.1. The third-order valence-electron chi connectivity index (χ3n) is 5.10. The van der Waals surface area contributed by atoms with Gasteiger partial charge in [-0.25, -0.2) is 14.1 Å². The molecule has 0 aliphatic heterocycles. The molecule has 6 heteroatoms. The zero-order valence-electron chi connectivity index (χ0n) is 16.2. The van der Waals surface area contributed by atoms with Crippen molar-refractivity contribution in [2.24, 2.45) is 10.1 Å². The first-order valence-corrected chi connectivity index (χ1v) is 10.7. The Morgan fingerprint density at radius 3 is 2.67 bits per heavy atom. The van der Waals surface area contributed by atoms with E-state index in [1.807, 2.05) is 22.2 Å². The molecule has 4 aromatic rings. The lowest BCUT2D eigenvalue weighted by atomic mass is 9.90. The Labute approximate surface area is 177 Å². The van der Waals surface area contributed by atoms with E-state index >= 15 is 0 Å². The number of rotatable bonds is 3. The SMILES string of the molecule is Fc1ccc(-c2csc(=Nc3cccnc3)n2N=C2CCCc3ccccc32)cc1. The molecule has 2 aromatic heterocycles. The van der Waals surface area contributed by atoms with Gasteiger partial charge < -0.3 is 0 Å². The second-order valence-corrected chi connectivity index (χ2v) is 7.94. The summed E-state index contributed by atoms with van der Waals surface area (Å²) in [6.07, 6.45) is 6.51. The summed E-state index contributed by atoms with van der Waals surface area (Å²) in [6, 6.07) is 18.7. The van der Waals surface area contributed by atoms with Crippen molar-refractivity contribution < 1.29 is 4.39 Å². The fourth-order valence-corrected chi connectivity index (χ4v) is 4.50. The van der Waals surface area contributed by atoms with Crippen LogP contribution in [0, 0.1) is 5.82 Å². The number of halogens is 1. The van der Waals surface area contributed by atoms with E-state index in [1.165, 1.54) is 34.6 Å². The van der Waals surface area contributed by atoms with Crippen molar-refractivity contribution in [1.29, 1.82) is 0 Å². The van der Waals surface area contributed by atoms with Crippen LogP contribution < -0.4 is 4.80 Å². The number of hydrogen-bond acceptors (Lipinski definition) is 4. The molecule has 0 atom stereocenters. The zero-order valence-corrected chi connectivity index (χ0v) is 17.0. The lowest BCUT2D eigenvalue weighted by molar-refractivity contribution is 0.628. The first-order chi connectivity index (χ1) is 14.8. The Morgan fingerprint density at radius 1 is 0.967 bits per heavy atom. The van der Waals surface area contributed by atoms with Crippen LogP contribution in [0.3, 0.4) is 0 Å². The summed E-state index contributed by atoms with van der Waals surface area (Å²) >= 11 is 1.51. The molecule has 4 nitrogen and oxygen atoms in total. The smallest absolute Gasteiger partial charge is 0.211 e. The third kappa shape index (κ3) is 3.74. The maximum Gasteiger partial charge on any atom is 0.211 e. The van der Waals surface area contributed by atoms with Gasteiger partial charge in [-0.1, -0.05) is 24.3 Å². The van der Waals surface area contributed by atoms with Gasteiger partial charge in [-0.3, -0.25) is 4.98 Å². The maximum absolute atomic E-state index is 13.5. The van der Waals surface area contributed by atoms with E-state index in [2.05, 4.69) is 29.2 Å². The second kappa shape index (κ2) is 8.16. The van der Waals surface area contributed by atoms with E-state index in [9.17, 15) is 4.39 Å². The Hall–Kier alpha value is -3.38. The van der Waals surface area contributed by atoms with Gasteiger partial charge in [0.2, 0.25) is 4.80 Å². The van der Waals surface area contributed by atoms with Crippen LogP contribution in [0.5, 0.6) is 0 Å². The molecule has 1 aliphatic rings. The molecule has 0 spiro atoms. The summed E-state index contributed by atoms with van der Waals surface area (Å²) in [5, 5.41) is 7.07. The molecule has 0 fully saturated rings. The number of aromatic nitrogens is 2. The van der Waals surface area contributed by atoms with Crippen LogP contribution in [-0.4, -0.2) is 15.4 Å². The largest absolute Gasteiger partial charge is 0.262 e. The van der Waals surface area contributed by atoms with Crippen LogP contribution in [0.2, 0.25) is 0 Å².